The predicted molar refractivity (Wildman–Crippen MR) is 90.6 cm³/mol. The third-order valence-electron chi connectivity index (χ3n) is 3.56. The number of sulfonamides is 1. The molecule has 0 aliphatic rings. The SMILES string of the molecule is CN(CCCNS(=O)(=O)c1c(F)cc(C#N)cc1F)c1ccccc1. The van der Waals surface area contributed by atoms with E-state index < -0.39 is 26.6 Å². The predicted octanol–water partition coefficient (Wildman–Crippen LogP) is 2.64. The molecule has 132 valence electrons. The highest BCUT2D eigenvalue weighted by Gasteiger charge is 2.24. The van der Waals surface area contributed by atoms with Gasteiger partial charge in [-0.2, -0.15) is 5.26 Å². The van der Waals surface area contributed by atoms with E-state index in [1.165, 1.54) is 0 Å². The van der Waals surface area contributed by atoms with Crippen molar-refractivity contribution in [2.75, 3.05) is 25.0 Å². The van der Waals surface area contributed by atoms with Gasteiger partial charge in [0.1, 0.15) is 11.6 Å². The van der Waals surface area contributed by atoms with Gasteiger partial charge in [0.05, 0.1) is 11.6 Å². The molecule has 1 N–H and O–H groups in total. The summed E-state index contributed by atoms with van der Waals surface area (Å²) in [5, 5.41) is 8.65. The molecule has 0 unspecified atom stereocenters. The van der Waals surface area contributed by atoms with Gasteiger partial charge in [0, 0.05) is 25.8 Å². The first-order chi connectivity index (χ1) is 11.8. The molecule has 0 aromatic heterocycles. The highest BCUT2D eigenvalue weighted by Crippen LogP contribution is 2.20. The molecule has 0 radical (unpaired) electrons. The van der Waals surface area contributed by atoms with E-state index in [0.717, 1.165) is 5.69 Å². The van der Waals surface area contributed by atoms with Gasteiger partial charge in [-0.15, -0.1) is 0 Å². The molecule has 0 fully saturated rings. The van der Waals surface area contributed by atoms with Crippen molar-refractivity contribution in [3.8, 4) is 6.07 Å². The fourth-order valence-electron chi connectivity index (χ4n) is 2.29. The minimum Gasteiger partial charge on any atom is -0.375 e. The lowest BCUT2D eigenvalue weighted by Gasteiger charge is -2.19. The van der Waals surface area contributed by atoms with Crippen molar-refractivity contribution in [2.24, 2.45) is 0 Å². The van der Waals surface area contributed by atoms with Gasteiger partial charge in [0.25, 0.3) is 0 Å². The summed E-state index contributed by atoms with van der Waals surface area (Å²) in [4.78, 5) is 0.875. The normalized spacial score (nSPS) is 11.1. The van der Waals surface area contributed by atoms with Crippen LogP contribution in [0.15, 0.2) is 47.4 Å². The number of halogens is 2. The number of nitriles is 1. The molecule has 0 aliphatic carbocycles. The van der Waals surface area contributed by atoms with Gasteiger partial charge in [-0.25, -0.2) is 21.9 Å². The van der Waals surface area contributed by atoms with E-state index in [0.29, 0.717) is 25.1 Å². The Kier molecular flexibility index (Phi) is 6.07. The van der Waals surface area contributed by atoms with Gasteiger partial charge < -0.3 is 4.90 Å². The quantitative estimate of drug-likeness (QED) is 0.766. The number of nitrogens with zero attached hydrogens (tertiary/aromatic N) is 2. The second-order valence-electron chi connectivity index (χ2n) is 5.39. The monoisotopic (exact) mass is 365 g/mol. The second kappa shape index (κ2) is 8.05. The summed E-state index contributed by atoms with van der Waals surface area (Å²) in [7, 11) is -2.47. The Labute approximate surface area is 145 Å². The third-order valence-corrected chi connectivity index (χ3v) is 5.07. The van der Waals surface area contributed by atoms with Crippen molar-refractivity contribution in [2.45, 2.75) is 11.3 Å². The number of para-hydroxylation sites is 1. The summed E-state index contributed by atoms with van der Waals surface area (Å²) in [6.45, 7) is 0.587. The van der Waals surface area contributed by atoms with Crippen LogP contribution in [0.2, 0.25) is 0 Å². The standard InChI is InChI=1S/C17H17F2N3O2S/c1-22(14-6-3-2-4-7-14)9-5-8-21-25(23,24)17-15(18)10-13(12-20)11-16(17)19/h2-4,6-7,10-11,21H,5,8-9H2,1H3. The van der Waals surface area contributed by atoms with Crippen molar-refractivity contribution in [1.82, 2.24) is 4.72 Å². The number of nitrogens with one attached hydrogen (secondary N) is 1. The zero-order valence-corrected chi connectivity index (χ0v) is 14.4. The van der Waals surface area contributed by atoms with Crippen molar-refractivity contribution >= 4 is 15.7 Å². The zero-order valence-electron chi connectivity index (χ0n) is 13.5. The third kappa shape index (κ3) is 4.75. The van der Waals surface area contributed by atoms with Crippen molar-refractivity contribution < 1.29 is 17.2 Å². The lowest BCUT2D eigenvalue weighted by Crippen LogP contribution is -2.29. The summed E-state index contributed by atoms with van der Waals surface area (Å²) < 4.78 is 54.1. The Morgan fingerprint density at radius 2 is 1.76 bits per heavy atom. The Balaban J connectivity index is 1.98. The first-order valence-corrected chi connectivity index (χ1v) is 8.98. The van der Waals surface area contributed by atoms with Crippen LogP contribution in [0.4, 0.5) is 14.5 Å². The van der Waals surface area contributed by atoms with Crippen LogP contribution in [0.3, 0.4) is 0 Å². The minimum atomic E-state index is -4.34. The maximum absolute atomic E-state index is 13.8. The average molecular weight is 365 g/mol. The molecule has 0 spiro atoms. The van der Waals surface area contributed by atoms with Gasteiger partial charge in [0.15, 0.2) is 4.90 Å². The smallest absolute Gasteiger partial charge is 0.246 e. The van der Waals surface area contributed by atoms with Crippen molar-refractivity contribution in [1.29, 1.82) is 5.26 Å². The maximum Gasteiger partial charge on any atom is 0.246 e. The zero-order chi connectivity index (χ0) is 18.4. The average Bonchev–Trinajstić information content (AvgIpc) is 2.58. The van der Waals surface area contributed by atoms with Gasteiger partial charge >= 0.3 is 0 Å². The Morgan fingerprint density at radius 1 is 1.16 bits per heavy atom. The number of hydrogen-bond acceptors (Lipinski definition) is 4. The van der Waals surface area contributed by atoms with Gasteiger partial charge in [-0.3, -0.25) is 0 Å². The van der Waals surface area contributed by atoms with Crippen LogP contribution < -0.4 is 9.62 Å². The van der Waals surface area contributed by atoms with E-state index in [4.69, 9.17) is 5.26 Å². The summed E-state index contributed by atoms with van der Waals surface area (Å²) >= 11 is 0. The van der Waals surface area contributed by atoms with Gasteiger partial charge in [-0.05, 0) is 30.7 Å². The minimum absolute atomic E-state index is 0.0262. The second-order valence-corrected chi connectivity index (χ2v) is 7.09. The molecule has 0 heterocycles. The fourth-order valence-corrected chi connectivity index (χ4v) is 3.48. The fraction of sp³-hybridized carbons (Fsp3) is 0.235. The molecule has 5 nitrogen and oxygen atoms in total. The van der Waals surface area contributed by atoms with Crippen LogP contribution in [-0.4, -0.2) is 28.6 Å². The van der Waals surface area contributed by atoms with E-state index in [-0.39, 0.29) is 12.1 Å². The van der Waals surface area contributed by atoms with Crippen LogP contribution in [-0.2, 0) is 10.0 Å². The molecule has 0 aliphatic heterocycles. The summed E-state index contributed by atoms with van der Waals surface area (Å²) in [6.07, 6.45) is 0.449. The summed E-state index contributed by atoms with van der Waals surface area (Å²) in [5.41, 5.74) is 0.702. The summed E-state index contributed by atoms with van der Waals surface area (Å²) in [5.74, 6) is -2.57. The Hall–Kier alpha value is -2.50. The van der Waals surface area contributed by atoms with E-state index in [1.807, 2.05) is 42.3 Å². The number of rotatable bonds is 7. The molecule has 25 heavy (non-hydrogen) atoms. The molecular weight excluding hydrogens is 348 g/mol. The van der Waals surface area contributed by atoms with Crippen LogP contribution >= 0.6 is 0 Å². The van der Waals surface area contributed by atoms with E-state index in [2.05, 4.69) is 4.72 Å². The lowest BCUT2D eigenvalue weighted by molar-refractivity contribution is 0.513. The van der Waals surface area contributed by atoms with Gasteiger partial charge in [0.2, 0.25) is 10.0 Å². The van der Waals surface area contributed by atoms with E-state index >= 15 is 0 Å². The molecule has 8 heteroatoms. The largest absolute Gasteiger partial charge is 0.375 e. The first kappa shape index (κ1) is 18.8. The highest BCUT2D eigenvalue weighted by molar-refractivity contribution is 7.89. The van der Waals surface area contributed by atoms with Crippen LogP contribution in [0.25, 0.3) is 0 Å². The number of anilines is 1. The van der Waals surface area contributed by atoms with E-state index in [1.54, 1.807) is 6.07 Å². The van der Waals surface area contributed by atoms with Crippen LogP contribution in [0.1, 0.15) is 12.0 Å². The first-order valence-electron chi connectivity index (χ1n) is 7.50. The molecular formula is C17H17F2N3O2S. The molecule has 2 rings (SSSR count). The molecule has 0 saturated carbocycles. The number of hydrogen-bond donors (Lipinski definition) is 1. The molecule has 0 atom stereocenters. The number of benzene rings is 2. The molecule has 0 bridgehead atoms. The molecule has 0 amide bonds. The van der Waals surface area contributed by atoms with Crippen molar-refractivity contribution in [3.63, 3.8) is 0 Å². The van der Waals surface area contributed by atoms with Crippen LogP contribution in [0, 0.1) is 23.0 Å². The van der Waals surface area contributed by atoms with Crippen molar-refractivity contribution in [3.05, 3.63) is 59.7 Å². The molecule has 0 saturated heterocycles. The maximum atomic E-state index is 13.8. The van der Waals surface area contributed by atoms with E-state index in [9.17, 15) is 17.2 Å². The lowest BCUT2D eigenvalue weighted by atomic mass is 10.2. The van der Waals surface area contributed by atoms with Gasteiger partial charge in [-0.1, -0.05) is 18.2 Å². The Morgan fingerprint density at radius 3 is 2.32 bits per heavy atom. The highest BCUT2D eigenvalue weighted by atomic mass is 32.2. The summed E-state index contributed by atoms with van der Waals surface area (Å²) in [6, 6.07) is 12.5. The van der Waals surface area contributed by atoms with Crippen LogP contribution in [0.5, 0.6) is 0 Å². The molecule has 2 aromatic rings. The molecule has 2 aromatic carbocycles. The Bertz CT molecular complexity index is 858. The topological polar surface area (TPSA) is 73.2 Å².